The molecule has 0 bridgehead atoms. The van der Waals surface area contributed by atoms with Gasteiger partial charge in [0.15, 0.2) is 11.3 Å². The molecule has 0 spiro atoms. The highest BCUT2D eigenvalue weighted by Gasteiger charge is 2.41. The summed E-state index contributed by atoms with van der Waals surface area (Å²) in [5, 5.41) is 13.0. The molecule has 1 amide bonds. The number of nitrogens with zero attached hydrogens (tertiary/aromatic N) is 7. The lowest BCUT2D eigenvalue weighted by molar-refractivity contribution is -0.143. The van der Waals surface area contributed by atoms with Crippen LogP contribution in [0, 0.1) is 0 Å². The molecule has 0 aliphatic rings. The van der Waals surface area contributed by atoms with E-state index in [9.17, 15) is 35.9 Å². The van der Waals surface area contributed by atoms with E-state index >= 15 is 0 Å². The van der Waals surface area contributed by atoms with Crippen molar-refractivity contribution in [2.45, 2.75) is 12.4 Å². The second-order valence-corrected chi connectivity index (χ2v) is 7.69. The van der Waals surface area contributed by atoms with Gasteiger partial charge in [-0.05, 0) is 30.3 Å². The molecule has 0 aliphatic carbocycles. The van der Waals surface area contributed by atoms with Crippen molar-refractivity contribution in [3.05, 3.63) is 94.6 Å². The summed E-state index contributed by atoms with van der Waals surface area (Å²) >= 11 is 0. The molecule has 10 nitrogen and oxygen atoms in total. The molecule has 5 aromatic rings. The number of anilines is 1. The summed E-state index contributed by atoms with van der Waals surface area (Å²) in [6.45, 7) is 0. The number of amides is 1. The zero-order chi connectivity index (χ0) is 27.2. The largest absolute Gasteiger partial charge is 0.434 e. The third-order valence-corrected chi connectivity index (χ3v) is 5.30. The van der Waals surface area contributed by atoms with Crippen LogP contribution in [-0.2, 0) is 12.4 Å². The van der Waals surface area contributed by atoms with Gasteiger partial charge >= 0.3 is 12.4 Å². The van der Waals surface area contributed by atoms with Crippen LogP contribution < -0.4 is 10.9 Å². The molecule has 1 N–H and O–H groups in total. The van der Waals surface area contributed by atoms with Gasteiger partial charge in [0.1, 0.15) is 5.69 Å². The van der Waals surface area contributed by atoms with Crippen molar-refractivity contribution in [2.24, 2.45) is 0 Å². The third-order valence-electron chi connectivity index (χ3n) is 5.30. The van der Waals surface area contributed by atoms with Gasteiger partial charge in [-0.3, -0.25) is 14.0 Å². The highest BCUT2D eigenvalue weighted by atomic mass is 19.4. The minimum absolute atomic E-state index is 0.168. The first-order valence-electron chi connectivity index (χ1n) is 10.5. The zero-order valence-corrected chi connectivity index (χ0v) is 18.6. The van der Waals surface area contributed by atoms with Gasteiger partial charge in [0.05, 0.1) is 35.4 Å². The smallest absolute Gasteiger partial charge is 0.322 e. The van der Waals surface area contributed by atoms with E-state index in [2.05, 4.69) is 25.6 Å². The Kier molecular flexibility index (Phi) is 5.73. The molecule has 4 heterocycles. The lowest BCUT2D eigenvalue weighted by Gasteiger charge is -2.15. The molecule has 0 unspecified atom stereocenters. The fraction of sp³-hybridized carbons (Fsp3) is 0.0909. The normalized spacial score (nSPS) is 12.2. The van der Waals surface area contributed by atoms with Crippen molar-refractivity contribution in [3.8, 4) is 11.4 Å². The average Bonchev–Trinajstić information content (AvgIpc) is 3.54. The molecule has 16 heteroatoms. The molecule has 38 heavy (non-hydrogen) atoms. The first kappa shape index (κ1) is 24.7. The van der Waals surface area contributed by atoms with Crippen LogP contribution in [0.5, 0.6) is 0 Å². The highest BCUT2D eigenvalue weighted by molar-refractivity contribution is 6.05. The number of nitrogens with one attached hydrogen (secondary N) is 1. The molecule has 4 aromatic heterocycles. The predicted octanol–water partition coefficient (Wildman–Crippen LogP) is 3.75. The van der Waals surface area contributed by atoms with Crippen molar-refractivity contribution < 1.29 is 31.1 Å². The summed E-state index contributed by atoms with van der Waals surface area (Å²) in [7, 11) is 0. The number of fused-ring (bicyclic) bond motifs is 1. The molecule has 0 saturated heterocycles. The lowest BCUT2D eigenvalue weighted by Crippen LogP contribution is -2.22. The van der Waals surface area contributed by atoms with E-state index in [1.54, 1.807) is 0 Å². The van der Waals surface area contributed by atoms with E-state index in [1.165, 1.54) is 18.3 Å². The van der Waals surface area contributed by atoms with Crippen LogP contribution in [0.25, 0.3) is 17.0 Å². The van der Waals surface area contributed by atoms with Gasteiger partial charge < -0.3 is 5.32 Å². The van der Waals surface area contributed by atoms with Crippen molar-refractivity contribution >= 4 is 17.2 Å². The van der Waals surface area contributed by atoms with E-state index < -0.39 is 52.0 Å². The molecular formula is C22H12F6N8O2. The van der Waals surface area contributed by atoms with Crippen molar-refractivity contribution in [1.82, 2.24) is 34.2 Å². The fourth-order valence-electron chi connectivity index (χ4n) is 3.74. The topological polar surface area (TPSA) is 112 Å². The number of hydrogen-bond acceptors (Lipinski definition) is 6. The second-order valence-electron chi connectivity index (χ2n) is 7.69. The number of halogens is 6. The van der Waals surface area contributed by atoms with Crippen LogP contribution in [0.3, 0.4) is 0 Å². The number of carbonyl (C=O) groups excluding carboxylic acids is 1. The molecule has 0 fully saturated rings. The Morgan fingerprint density at radius 2 is 1.61 bits per heavy atom. The quantitative estimate of drug-likeness (QED) is 0.352. The van der Waals surface area contributed by atoms with E-state index in [-0.39, 0.29) is 11.3 Å². The van der Waals surface area contributed by atoms with Gasteiger partial charge in [0, 0.05) is 24.1 Å². The van der Waals surface area contributed by atoms with Crippen LogP contribution in [0.1, 0.15) is 21.6 Å². The number of rotatable bonds is 4. The summed E-state index contributed by atoms with van der Waals surface area (Å²) in [5.74, 6) is -1.37. The third kappa shape index (κ3) is 4.35. The number of benzene rings is 1. The zero-order valence-electron chi connectivity index (χ0n) is 18.6. The van der Waals surface area contributed by atoms with Crippen LogP contribution in [0.4, 0.5) is 32.0 Å². The maximum Gasteiger partial charge on any atom is 0.434 e. The highest BCUT2D eigenvalue weighted by Crippen LogP contribution is 2.37. The van der Waals surface area contributed by atoms with E-state index in [1.807, 2.05) is 0 Å². The summed E-state index contributed by atoms with van der Waals surface area (Å²) in [5.41, 5.74) is -5.60. The first-order chi connectivity index (χ1) is 17.9. The van der Waals surface area contributed by atoms with Crippen molar-refractivity contribution in [1.29, 1.82) is 0 Å². The van der Waals surface area contributed by atoms with Gasteiger partial charge in [-0.1, -0.05) is 0 Å². The Bertz CT molecular complexity index is 1720. The van der Waals surface area contributed by atoms with Gasteiger partial charge in [-0.15, -0.1) is 0 Å². The Morgan fingerprint density at radius 3 is 2.29 bits per heavy atom. The predicted molar refractivity (Wildman–Crippen MR) is 118 cm³/mol. The standard InChI is InChI=1S/C22H12F6N8O2/c23-21(24,25)14-10-12(3-4-15(14)36-30-7-8-31-36)33-20(38)13-11-32-35(18(13)22(26,27)28)16-2-1-9-34-17(37)5-6-29-19(16)34/h1-11H,(H,33,38). The van der Waals surface area contributed by atoms with Gasteiger partial charge in [0.2, 0.25) is 0 Å². The monoisotopic (exact) mass is 534 g/mol. The Hall–Kier alpha value is -5.02. The van der Waals surface area contributed by atoms with Gasteiger partial charge in [0.25, 0.3) is 11.5 Å². The Morgan fingerprint density at radius 1 is 0.868 bits per heavy atom. The molecule has 0 saturated carbocycles. The number of hydrogen-bond donors (Lipinski definition) is 1. The second kappa shape index (κ2) is 8.82. The molecule has 0 atom stereocenters. The van der Waals surface area contributed by atoms with Crippen molar-refractivity contribution in [2.75, 3.05) is 5.32 Å². The van der Waals surface area contributed by atoms with Crippen LogP contribution >= 0.6 is 0 Å². The minimum Gasteiger partial charge on any atom is -0.322 e. The fourth-order valence-corrected chi connectivity index (χ4v) is 3.74. The van der Waals surface area contributed by atoms with E-state index in [0.717, 1.165) is 41.2 Å². The molecule has 5 rings (SSSR count). The molecular weight excluding hydrogens is 522 g/mol. The Balaban J connectivity index is 1.57. The number of alkyl halides is 6. The molecule has 194 valence electrons. The molecule has 0 aliphatic heterocycles. The summed E-state index contributed by atoms with van der Waals surface area (Å²) in [6, 6.07) is 6.18. The van der Waals surface area contributed by atoms with Crippen molar-refractivity contribution in [3.63, 3.8) is 0 Å². The average molecular weight is 534 g/mol. The van der Waals surface area contributed by atoms with Gasteiger partial charge in [-0.25, -0.2) is 9.67 Å². The summed E-state index contributed by atoms with van der Waals surface area (Å²) in [4.78, 5) is 29.6. The maximum atomic E-state index is 14.1. The number of aromatic nitrogens is 7. The molecule has 1 aromatic carbocycles. The van der Waals surface area contributed by atoms with Gasteiger partial charge in [-0.2, -0.15) is 46.4 Å². The van der Waals surface area contributed by atoms with Crippen LogP contribution in [-0.4, -0.2) is 40.1 Å². The maximum absolute atomic E-state index is 14.1. The lowest BCUT2D eigenvalue weighted by atomic mass is 10.1. The summed E-state index contributed by atoms with van der Waals surface area (Å²) < 4.78 is 84.8. The SMILES string of the molecule is O=C(Nc1ccc(-n2nccn2)c(C(F)(F)F)c1)c1cnn(-c2cccn3c(=O)ccnc23)c1C(F)(F)F. The number of carbonyl (C=O) groups is 1. The molecule has 0 radical (unpaired) electrons. The van der Waals surface area contributed by atoms with Crippen LogP contribution in [0.2, 0.25) is 0 Å². The van der Waals surface area contributed by atoms with E-state index in [0.29, 0.717) is 21.7 Å². The number of pyridine rings is 1. The first-order valence-corrected chi connectivity index (χ1v) is 10.5. The van der Waals surface area contributed by atoms with E-state index in [4.69, 9.17) is 0 Å². The minimum atomic E-state index is -5.13. The summed E-state index contributed by atoms with van der Waals surface area (Å²) in [6.07, 6.45) is -4.69. The Labute approximate surface area is 206 Å². The van der Waals surface area contributed by atoms with Crippen LogP contribution in [0.15, 0.2) is 72.2 Å².